The van der Waals surface area contributed by atoms with Gasteiger partial charge in [0.05, 0.1) is 14.2 Å². The van der Waals surface area contributed by atoms with E-state index in [9.17, 15) is 13.2 Å². The van der Waals surface area contributed by atoms with Crippen LogP contribution in [0.25, 0.3) is 6.08 Å². The average Bonchev–Trinajstić information content (AvgIpc) is 2.83. The van der Waals surface area contributed by atoms with Crippen LogP contribution in [-0.2, 0) is 21.4 Å². The molecule has 7 nitrogen and oxygen atoms in total. The number of likely N-dealkylation sites (N-methyl/N-ethyl adjacent to an activating group) is 1. The van der Waals surface area contributed by atoms with E-state index in [2.05, 4.69) is 0 Å². The number of sulfonamides is 1. The SMILES string of the molecule is COc1ccccc1CN(C)C(=O)C=Cc1ccc(OC)c(S(=O)(=O)N2CCCCC2)c1. The van der Waals surface area contributed by atoms with Crippen molar-refractivity contribution in [3.05, 3.63) is 59.7 Å². The maximum Gasteiger partial charge on any atom is 0.246 e. The maximum absolute atomic E-state index is 13.2. The van der Waals surface area contributed by atoms with Crippen LogP contribution < -0.4 is 9.47 Å². The van der Waals surface area contributed by atoms with Gasteiger partial charge in [-0.25, -0.2) is 8.42 Å². The second-order valence-electron chi connectivity index (χ2n) is 7.71. The molecule has 8 heteroatoms. The highest BCUT2D eigenvalue weighted by atomic mass is 32.2. The van der Waals surface area contributed by atoms with Gasteiger partial charge in [-0.2, -0.15) is 4.31 Å². The van der Waals surface area contributed by atoms with E-state index < -0.39 is 10.0 Å². The highest BCUT2D eigenvalue weighted by Gasteiger charge is 2.29. The van der Waals surface area contributed by atoms with Crippen molar-refractivity contribution >= 4 is 22.0 Å². The Morgan fingerprint density at radius 3 is 2.41 bits per heavy atom. The number of piperidine rings is 1. The van der Waals surface area contributed by atoms with Gasteiger partial charge in [-0.1, -0.05) is 30.7 Å². The number of carbonyl (C=O) groups excluding carboxylic acids is 1. The van der Waals surface area contributed by atoms with Crippen LogP contribution in [0.3, 0.4) is 0 Å². The van der Waals surface area contributed by atoms with Crippen molar-refractivity contribution in [1.82, 2.24) is 9.21 Å². The van der Waals surface area contributed by atoms with Gasteiger partial charge in [0.25, 0.3) is 0 Å². The lowest BCUT2D eigenvalue weighted by molar-refractivity contribution is -0.125. The second kappa shape index (κ2) is 10.7. The minimum atomic E-state index is -3.67. The van der Waals surface area contributed by atoms with Gasteiger partial charge in [0, 0.05) is 38.3 Å². The van der Waals surface area contributed by atoms with Crippen LogP contribution >= 0.6 is 0 Å². The molecular formula is C24H30N2O5S. The van der Waals surface area contributed by atoms with E-state index in [0.29, 0.717) is 30.9 Å². The zero-order chi connectivity index (χ0) is 23.1. The first-order chi connectivity index (χ1) is 15.4. The Kier molecular flexibility index (Phi) is 7.93. The largest absolute Gasteiger partial charge is 0.496 e. The Balaban J connectivity index is 1.78. The number of para-hydroxylation sites is 1. The van der Waals surface area contributed by atoms with Crippen LogP contribution in [0.5, 0.6) is 11.5 Å². The molecule has 1 aliphatic heterocycles. The predicted octanol–water partition coefficient (Wildman–Crippen LogP) is 3.55. The fraction of sp³-hybridized carbons (Fsp3) is 0.375. The molecule has 0 radical (unpaired) electrons. The van der Waals surface area contributed by atoms with E-state index in [-0.39, 0.29) is 10.8 Å². The van der Waals surface area contributed by atoms with E-state index in [0.717, 1.165) is 30.6 Å². The monoisotopic (exact) mass is 458 g/mol. The van der Waals surface area contributed by atoms with Crippen molar-refractivity contribution in [3.8, 4) is 11.5 Å². The molecule has 0 N–H and O–H groups in total. The molecule has 1 fully saturated rings. The Morgan fingerprint density at radius 2 is 1.72 bits per heavy atom. The molecule has 3 rings (SSSR count). The van der Waals surface area contributed by atoms with Crippen molar-refractivity contribution in [2.45, 2.75) is 30.7 Å². The molecular weight excluding hydrogens is 428 g/mol. The summed E-state index contributed by atoms with van der Waals surface area (Å²) in [7, 11) is 1.09. The van der Waals surface area contributed by atoms with Gasteiger partial charge in [0.1, 0.15) is 16.4 Å². The first-order valence-electron chi connectivity index (χ1n) is 10.6. The van der Waals surface area contributed by atoms with Gasteiger partial charge in [-0.05, 0) is 42.7 Å². The van der Waals surface area contributed by atoms with Gasteiger partial charge >= 0.3 is 0 Å². The molecule has 0 atom stereocenters. The molecule has 0 aliphatic carbocycles. The van der Waals surface area contributed by atoms with Crippen LogP contribution in [0.15, 0.2) is 53.4 Å². The van der Waals surface area contributed by atoms with Crippen LogP contribution in [0, 0.1) is 0 Å². The highest BCUT2D eigenvalue weighted by Crippen LogP contribution is 2.30. The molecule has 0 saturated carbocycles. The molecule has 32 heavy (non-hydrogen) atoms. The summed E-state index contributed by atoms with van der Waals surface area (Å²) < 4.78 is 38.5. The Hall–Kier alpha value is -2.84. The topological polar surface area (TPSA) is 76.1 Å². The van der Waals surface area contributed by atoms with Crippen molar-refractivity contribution in [1.29, 1.82) is 0 Å². The summed E-state index contributed by atoms with van der Waals surface area (Å²) in [5, 5.41) is 0. The molecule has 2 aromatic rings. The quantitative estimate of drug-likeness (QED) is 0.566. The van der Waals surface area contributed by atoms with Crippen molar-refractivity contribution in [3.63, 3.8) is 0 Å². The molecule has 1 aliphatic rings. The maximum atomic E-state index is 13.2. The normalized spacial score (nSPS) is 15.0. The lowest BCUT2D eigenvalue weighted by Gasteiger charge is -2.26. The average molecular weight is 459 g/mol. The Bertz CT molecular complexity index is 1080. The molecule has 0 bridgehead atoms. The number of hydrogen-bond donors (Lipinski definition) is 0. The minimum Gasteiger partial charge on any atom is -0.496 e. The fourth-order valence-corrected chi connectivity index (χ4v) is 5.41. The summed E-state index contributed by atoms with van der Waals surface area (Å²) in [4.78, 5) is 14.3. The number of benzene rings is 2. The zero-order valence-electron chi connectivity index (χ0n) is 18.8. The third-order valence-electron chi connectivity index (χ3n) is 5.52. The summed E-state index contributed by atoms with van der Waals surface area (Å²) in [6.45, 7) is 1.42. The third-order valence-corrected chi connectivity index (χ3v) is 7.43. The van der Waals surface area contributed by atoms with Crippen LogP contribution in [0.2, 0.25) is 0 Å². The second-order valence-corrected chi connectivity index (χ2v) is 9.62. The Labute approximate surface area is 190 Å². The van der Waals surface area contributed by atoms with Crippen LogP contribution in [0.4, 0.5) is 0 Å². The number of carbonyl (C=O) groups is 1. The summed E-state index contributed by atoms with van der Waals surface area (Å²) >= 11 is 0. The first-order valence-corrected chi connectivity index (χ1v) is 12.0. The van der Waals surface area contributed by atoms with Gasteiger partial charge in [-0.3, -0.25) is 4.79 Å². The summed E-state index contributed by atoms with van der Waals surface area (Å²) in [6.07, 6.45) is 5.81. The molecule has 172 valence electrons. The van der Waals surface area contributed by atoms with E-state index in [1.54, 1.807) is 43.3 Å². The molecule has 1 amide bonds. The van der Waals surface area contributed by atoms with Gasteiger partial charge < -0.3 is 14.4 Å². The van der Waals surface area contributed by atoms with E-state index >= 15 is 0 Å². The van der Waals surface area contributed by atoms with Crippen molar-refractivity contribution in [2.24, 2.45) is 0 Å². The lowest BCUT2D eigenvalue weighted by Crippen LogP contribution is -2.35. The van der Waals surface area contributed by atoms with Gasteiger partial charge in [0.15, 0.2) is 0 Å². The third kappa shape index (κ3) is 5.49. The number of nitrogens with zero attached hydrogens (tertiary/aromatic N) is 2. The molecule has 2 aromatic carbocycles. The van der Waals surface area contributed by atoms with E-state index in [1.807, 2.05) is 24.3 Å². The van der Waals surface area contributed by atoms with Crippen molar-refractivity contribution in [2.75, 3.05) is 34.4 Å². The predicted molar refractivity (Wildman–Crippen MR) is 124 cm³/mol. The van der Waals surface area contributed by atoms with Gasteiger partial charge in [-0.15, -0.1) is 0 Å². The summed E-state index contributed by atoms with van der Waals surface area (Å²) in [5.74, 6) is 0.818. The zero-order valence-corrected chi connectivity index (χ0v) is 19.6. The molecule has 0 unspecified atom stereocenters. The minimum absolute atomic E-state index is 0.124. The van der Waals surface area contributed by atoms with Gasteiger partial charge in [0.2, 0.25) is 15.9 Å². The summed E-state index contributed by atoms with van der Waals surface area (Å²) in [6, 6.07) is 12.5. The lowest BCUT2D eigenvalue weighted by atomic mass is 10.1. The molecule has 0 spiro atoms. The molecule has 1 saturated heterocycles. The van der Waals surface area contributed by atoms with Crippen molar-refractivity contribution < 1.29 is 22.7 Å². The smallest absolute Gasteiger partial charge is 0.246 e. The number of amides is 1. The number of methoxy groups -OCH3 is 2. The fourth-order valence-electron chi connectivity index (χ4n) is 3.70. The molecule has 1 heterocycles. The Morgan fingerprint density at radius 1 is 1.03 bits per heavy atom. The number of hydrogen-bond acceptors (Lipinski definition) is 5. The number of ether oxygens (including phenoxy) is 2. The van der Waals surface area contributed by atoms with E-state index in [1.165, 1.54) is 17.5 Å². The molecule has 0 aromatic heterocycles. The highest BCUT2D eigenvalue weighted by molar-refractivity contribution is 7.89. The standard InChI is InChI=1S/C24H30N2O5S/c1-25(18-20-9-5-6-10-21(20)30-2)24(27)14-12-19-11-13-22(31-3)23(17-19)32(28,29)26-15-7-4-8-16-26/h5-6,9-14,17H,4,7-8,15-16,18H2,1-3H3. The van der Waals surface area contributed by atoms with E-state index in [4.69, 9.17) is 9.47 Å². The van der Waals surface area contributed by atoms with Crippen LogP contribution in [0.1, 0.15) is 30.4 Å². The summed E-state index contributed by atoms with van der Waals surface area (Å²) in [5.41, 5.74) is 1.51. The number of rotatable bonds is 8. The van der Waals surface area contributed by atoms with Crippen LogP contribution in [-0.4, -0.2) is 57.9 Å². The first kappa shape index (κ1) is 23.8.